The van der Waals surface area contributed by atoms with Crippen molar-refractivity contribution in [3.05, 3.63) is 59.2 Å². The zero-order chi connectivity index (χ0) is 49.8. The lowest BCUT2D eigenvalue weighted by Gasteiger charge is -2.56. The lowest BCUT2D eigenvalue weighted by molar-refractivity contribution is -0.130. The van der Waals surface area contributed by atoms with Crippen LogP contribution in [-0.4, -0.2) is 94.0 Å². The summed E-state index contributed by atoms with van der Waals surface area (Å²) in [5.41, 5.74) is 3.64. The summed E-state index contributed by atoms with van der Waals surface area (Å²) in [6.45, 7) is 57.7. The quantitative estimate of drug-likeness (QED) is 0.175. The predicted molar refractivity (Wildman–Crippen MR) is 284 cm³/mol. The van der Waals surface area contributed by atoms with Crippen LogP contribution in [-0.2, 0) is 40.1 Å². The number of rotatable bonds is 15. The van der Waals surface area contributed by atoms with Crippen LogP contribution in [0.4, 0.5) is 5.69 Å². The Labute approximate surface area is 402 Å². The highest BCUT2D eigenvalue weighted by molar-refractivity contribution is 6.75. The standard InChI is InChI=1S/C51H92BN3O6Si4/c1-46(2,3)62(17,18)56-36-42-44(58-64(21,22)48(7,8)9)45(59-65(23,24)49(10,11)12)43(57-63(19,20)47(4,5)6)35-55(42)34-38-27-25-26-37(28-38)33-54-41-30-39(32-53)29-40(31-41)52-60-50(13,14)51(15,16)61-52/h25-31,42-45,54H,33-36H2,1-24H3/t42-,43?,44?,45?/m1/s1. The van der Waals surface area contributed by atoms with Gasteiger partial charge in [-0.2, -0.15) is 5.26 Å². The average Bonchev–Trinajstić information content (AvgIpc) is 3.35. The minimum Gasteiger partial charge on any atom is -0.415 e. The molecule has 2 aromatic rings. The smallest absolute Gasteiger partial charge is 0.415 e. The Bertz CT molecular complexity index is 1970. The van der Waals surface area contributed by atoms with Crippen LogP contribution in [0.15, 0.2) is 42.5 Å². The highest BCUT2D eigenvalue weighted by Crippen LogP contribution is 2.46. The second kappa shape index (κ2) is 19.3. The van der Waals surface area contributed by atoms with E-state index in [9.17, 15) is 5.26 Å². The highest BCUT2D eigenvalue weighted by atomic mass is 28.4. The lowest BCUT2D eigenvalue weighted by atomic mass is 9.78. The van der Waals surface area contributed by atoms with Gasteiger partial charge >= 0.3 is 7.12 Å². The minimum absolute atomic E-state index is 0.00181. The minimum atomic E-state index is -2.37. The third kappa shape index (κ3) is 13.2. The number of nitriles is 1. The molecule has 0 spiro atoms. The molecule has 0 aliphatic carbocycles. The first-order chi connectivity index (χ1) is 29.1. The van der Waals surface area contributed by atoms with E-state index >= 15 is 0 Å². The van der Waals surface area contributed by atoms with Crippen molar-refractivity contribution < 1.29 is 27.0 Å². The number of benzene rings is 2. The number of anilines is 1. The van der Waals surface area contributed by atoms with Crippen LogP contribution in [0.3, 0.4) is 0 Å². The van der Waals surface area contributed by atoms with Crippen molar-refractivity contribution >= 4 is 51.5 Å². The molecule has 3 unspecified atom stereocenters. The Balaban J connectivity index is 1.81. The number of likely N-dealkylation sites (tertiary alicyclic amines) is 1. The van der Waals surface area contributed by atoms with Crippen molar-refractivity contribution in [1.82, 2.24) is 4.90 Å². The Morgan fingerprint density at radius 2 is 1.15 bits per heavy atom. The summed E-state index contributed by atoms with van der Waals surface area (Å²) in [6.07, 6.45) is -0.724. The summed E-state index contributed by atoms with van der Waals surface area (Å²) in [4.78, 5) is 2.62. The molecule has 2 saturated heterocycles. The van der Waals surface area contributed by atoms with Crippen LogP contribution < -0.4 is 10.8 Å². The Morgan fingerprint density at radius 1 is 0.677 bits per heavy atom. The van der Waals surface area contributed by atoms with E-state index < -0.39 is 51.6 Å². The third-order valence-electron chi connectivity index (χ3n) is 16.6. The van der Waals surface area contributed by atoms with Crippen LogP contribution in [0, 0.1) is 11.3 Å². The predicted octanol–water partition coefficient (Wildman–Crippen LogP) is 12.8. The van der Waals surface area contributed by atoms with Gasteiger partial charge in [0.25, 0.3) is 0 Å². The molecule has 366 valence electrons. The van der Waals surface area contributed by atoms with E-state index in [1.807, 2.05) is 45.9 Å². The van der Waals surface area contributed by atoms with E-state index in [4.69, 9.17) is 27.0 Å². The summed E-state index contributed by atoms with van der Waals surface area (Å²) in [5, 5.41) is 13.7. The zero-order valence-electron chi connectivity index (χ0n) is 45.6. The summed E-state index contributed by atoms with van der Waals surface area (Å²) in [7, 11) is -9.71. The van der Waals surface area contributed by atoms with Crippen molar-refractivity contribution in [2.45, 2.75) is 232 Å². The fourth-order valence-corrected chi connectivity index (χ4v) is 12.2. The highest BCUT2D eigenvalue weighted by Gasteiger charge is 2.56. The second-order valence-electron chi connectivity index (χ2n) is 26.4. The van der Waals surface area contributed by atoms with Gasteiger partial charge in [0.1, 0.15) is 0 Å². The summed E-state index contributed by atoms with van der Waals surface area (Å²) >= 11 is 0. The molecule has 0 amide bonds. The van der Waals surface area contributed by atoms with Gasteiger partial charge in [0.2, 0.25) is 0 Å². The van der Waals surface area contributed by atoms with Crippen LogP contribution in [0.1, 0.15) is 127 Å². The molecule has 2 heterocycles. The van der Waals surface area contributed by atoms with E-state index in [2.05, 4.69) is 176 Å². The number of hydrogen-bond donors (Lipinski definition) is 1. The molecule has 0 radical (unpaired) electrons. The van der Waals surface area contributed by atoms with E-state index in [0.29, 0.717) is 31.8 Å². The molecule has 0 saturated carbocycles. The van der Waals surface area contributed by atoms with Gasteiger partial charge < -0.3 is 32.3 Å². The van der Waals surface area contributed by atoms with Gasteiger partial charge in [0, 0.05) is 25.3 Å². The lowest BCUT2D eigenvalue weighted by Crippen LogP contribution is -2.70. The molecule has 2 aliphatic rings. The summed E-state index contributed by atoms with van der Waals surface area (Å²) < 4.78 is 43.1. The molecule has 2 aromatic carbocycles. The molecule has 4 rings (SSSR count). The summed E-state index contributed by atoms with van der Waals surface area (Å²) in [5.74, 6) is 0. The maximum absolute atomic E-state index is 10.0. The van der Waals surface area contributed by atoms with E-state index in [0.717, 1.165) is 16.7 Å². The number of nitrogens with zero attached hydrogens (tertiary/aromatic N) is 2. The van der Waals surface area contributed by atoms with Gasteiger partial charge in [-0.3, -0.25) is 4.90 Å². The topological polar surface area (TPSA) is 94.4 Å². The fraction of sp³-hybridized carbons (Fsp3) is 0.745. The van der Waals surface area contributed by atoms with Gasteiger partial charge in [-0.25, -0.2) is 0 Å². The zero-order valence-corrected chi connectivity index (χ0v) is 49.6. The van der Waals surface area contributed by atoms with Crippen LogP contribution in [0.2, 0.25) is 72.5 Å². The Hall–Kier alpha value is -1.62. The first-order valence-electron chi connectivity index (χ1n) is 24.3. The molecular weight excluding hydrogens is 874 g/mol. The van der Waals surface area contributed by atoms with Gasteiger partial charge in [-0.15, -0.1) is 0 Å². The fourth-order valence-electron chi connectivity index (χ4n) is 7.19. The molecule has 65 heavy (non-hydrogen) atoms. The van der Waals surface area contributed by atoms with Crippen molar-refractivity contribution in [2.75, 3.05) is 18.5 Å². The average molecular weight is 966 g/mol. The molecule has 9 nitrogen and oxygen atoms in total. The molecule has 1 N–H and O–H groups in total. The van der Waals surface area contributed by atoms with Crippen LogP contribution in [0.25, 0.3) is 0 Å². The third-order valence-corrected chi connectivity index (χ3v) is 34.5. The van der Waals surface area contributed by atoms with Gasteiger partial charge in [-0.05, 0) is 135 Å². The van der Waals surface area contributed by atoms with Crippen molar-refractivity contribution in [3.8, 4) is 6.07 Å². The first kappa shape index (κ1) is 56.0. The molecule has 14 heteroatoms. The maximum atomic E-state index is 10.0. The number of nitrogens with one attached hydrogen (secondary N) is 1. The van der Waals surface area contributed by atoms with E-state index in [-0.39, 0.29) is 44.5 Å². The SMILES string of the molecule is CC1(C)OB(c2cc(C#N)cc(NCc3cccc(CN4CC(O[Si](C)(C)C(C)(C)C)C(O[Si](C)(C)C(C)(C)C)C(O[Si](C)(C)C(C)(C)C)[C@H]4CO[Si](C)(C)C(C)(C)C)c3)c2)OC1(C)C. The Kier molecular flexibility index (Phi) is 16.6. The van der Waals surface area contributed by atoms with Crippen LogP contribution in [0.5, 0.6) is 0 Å². The van der Waals surface area contributed by atoms with E-state index in [1.54, 1.807) is 0 Å². The second-order valence-corrected chi connectivity index (χ2v) is 45.5. The van der Waals surface area contributed by atoms with Crippen LogP contribution >= 0.6 is 0 Å². The number of hydrogen-bond acceptors (Lipinski definition) is 9. The van der Waals surface area contributed by atoms with Gasteiger partial charge in [-0.1, -0.05) is 107 Å². The first-order valence-corrected chi connectivity index (χ1v) is 35.9. The monoisotopic (exact) mass is 966 g/mol. The van der Waals surface area contributed by atoms with E-state index in [1.165, 1.54) is 5.56 Å². The molecule has 2 aliphatic heterocycles. The molecular formula is C51H92BN3O6Si4. The van der Waals surface area contributed by atoms with Gasteiger partial charge in [0.15, 0.2) is 33.3 Å². The largest absolute Gasteiger partial charge is 0.494 e. The Morgan fingerprint density at radius 3 is 1.65 bits per heavy atom. The molecule has 0 bridgehead atoms. The van der Waals surface area contributed by atoms with Crippen molar-refractivity contribution in [3.63, 3.8) is 0 Å². The molecule has 4 atom stereocenters. The number of piperidine rings is 1. The molecule has 0 aromatic heterocycles. The maximum Gasteiger partial charge on any atom is 0.494 e. The normalized spacial score (nSPS) is 22.8. The summed E-state index contributed by atoms with van der Waals surface area (Å²) in [6, 6.07) is 17.0. The molecule has 2 fully saturated rings. The van der Waals surface area contributed by atoms with Crippen molar-refractivity contribution in [2.24, 2.45) is 0 Å². The van der Waals surface area contributed by atoms with Crippen molar-refractivity contribution in [1.29, 1.82) is 5.26 Å². The van der Waals surface area contributed by atoms with Gasteiger partial charge in [0.05, 0.1) is 53.8 Å².